The zero-order valence-electron chi connectivity index (χ0n) is 12.8. The number of aromatic nitrogens is 2. The first-order valence-electron chi connectivity index (χ1n) is 7.80. The maximum atomic E-state index is 13.6. The molecule has 122 valence electrons. The van der Waals surface area contributed by atoms with Crippen LogP contribution in [-0.4, -0.2) is 38.8 Å². The first-order valence-corrected chi connectivity index (χ1v) is 7.80. The lowest BCUT2D eigenvalue weighted by Crippen LogP contribution is -2.31. The van der Waals surface area contributed by atoms with E-state index in [1.165, 1.54) is 12.1 Å². The highest BCUT2D eigenvalue weighted by Crippen LogP contribution is 2.34. The maximum absolute atomic E-state index is 13.6. The van der Waals surface area contributed by atoms with Crippen molar-refractivity contribution < 1.29 is 14.3 Å². The number of H-pyrrole nitrogens is 1. The Kier molecular flexibility index (Phi) is 3.54. The number of aliphatic hydroxyl groups is 1. The van der Waals surface area contributed by atoms with Crippen LogP contribution in [0.2, 0.25) is 0 Å². The Morgan fingerprint density at radius 1 is 1.29 bits per heavy atom. The van der Waals surface area contributed by atoms with Crippen LogP contribution in [0.1, 0.15) is 28.4 Å². The lowest BCUT2D eigenvalue weighted by molar-refractivity contribution is 0.0717. The van der Waals surface area contributed by atoms with E-state index in [0.29, 0.717) is 17.5 Å². The van der Waals surface area contributed by atoms with Crippen LogP contribution in [0.15, 0.2) is 48.7 Å². The molecule has 2 heterocycles. The van der Waals surface area contributed by atoms with E-state index in [1.54, 1.807) is 35.4 Å². The fourth-order valence-corrected chi connectivity index (χ4v) is 3.38. The minimum Gasteiger partial charge on any atom is -0.391 e. The molecule has 1 saturated heterocycles. The summed E-state index contributed by atoms with van der Waals surface area (Å²) in [4.78, 5) is 14.7. The second-order valence-corrected chi connectivity index (χ2v) is 6.05. The van der Waals surface area contributed by atoms with Gasteiger partial charge in [-0.05, 0) is 36.2 Å². The van der Waals surface area contributed by atoms with Gasteiger partial charge in [0.1, 0.15) is 5.82 Å². The number of fused-ring (bicyclic) bond motifs is 1. The number of amides is 1. The molecule has 24 heavy (non-hydrogen) atoms. The van der Waals surface area contributed by atoms with Crippen LogP contribution in [0, 0.1) is 5.82 Å². The molecule has 0 saturated carbocycles. The third-order valence-electron chi connectivity index (χ3n) is 4.49. The van der Waals surface area contributed by atoms with E-state index in [0.717, 1.165) is 10.9 Å². The van der Waals surface area contributed by atoms with E-state index < -0.39 is 6.10 Å². The van der Waals surface area contributed by atoms with Gasteiger partial charge in [0.2, 0.25) is 0 Å². The smallest absolute Gasteiger partial charge is 0.255 e. The standard InChI is InChI=1S/C18H16FN3O2/c19-12-4-1-3-11(7-12)17-8-13(23)10-22(17)18(24)14-5-2-6-16-15(14)9-20-21-16/h1-7,9,13,17,23H,8,10H2,(H,20,21)/t13-,17+/m0/s1. The Bertz CT molecular complexity index is 908. The number of rotatable bonds is 2. The van der Waals surface area contributed by atoms with Gasteiger partial charge in [0.25, 0.3) is 5.91 Å². The van der Waals surface area contributed by atoms with Crippen LogP contribution in [0.5, 0.6) is 0 Å². The molecule has 6 heteroatoms. The molecule has 0 aliphatic carbocycles. The van der Waals surface area contributed by atoms with Gasteiger partial charge in [-0.2, -0.15) is 5.10 Å². The molecule has 4 rings (SSSR count). The molecule has 0 spiro atoms. The highest BCUT2D eigenvalue weighted by atomic mass is 19.1. The summed E-state index contributed by atoms with van der Waals surface area (Å²) in [6, 6.07) is 11.2. The summed E-state index contributed by atoms with van der Waals surface area (Å²) in [5.74, 6) is -0.536. The molecule has 2 N–H and O–H groups in total. The monoisotopic (exact) mass is 325 g/mol. The number of hydrogen-bond acceptors (Lipinski definition) is 3. The van der Waals surface area contributed by atoms with Crippen LogP contribution < -0.4 is 0 Å². The molecule has 1 aromatic heterocycles. The van der Waals surface area contributed by atoms with Gasteiger partial charge in [-0.25, -0.2) is 4.39 Å². The minimum atomic E-state index is -0.620. The van der Waals surface area contributed by atoms with Crippen molar-refractivity contribution in [2.24, 2.45) is 0 Å². The van der Waals surface area contributed by atoms with Crippen LogP contribution in [0.3, 0.4) is 0 Å². The van der Waals surface area contributed by atoms with Crippen molar-refractivity contribution in [2.45, 2.75) is 18.6 Å². The SMILES string of the molecule is O=C(c1cccc2[nH]ncc12)N1C[C@@H](O)C[C@@H]1c1cccc(F)c1. The number of likely N-dealkylation sites (tertiary alicyclic amines) is 1. The number of nitrogens with one attached hydrogen (secondary N) is 1. The molecule has 0 bridgehead atoms. The number of benzene rings is 2. The second kappa shape index (κ2) is 5.72. The number of halogens is 1. The van der Waals surface area contributed by atoms with Gasteiger partial charge < -0.3 is 10.0 Å². The van der Waals surface area contributed by atoms with Crippen LogP contribution in [0.25, 0.3) is 10.9 Å². The number of hydrogen-bond donors (Lipinski definition) is 2. The number of aromatic amines is 1. The van der Waals surface area contributed by atoms with Gasteiger partial charge in [0, 0.05) is 11.9 Å². The molecule has 2 aromatic carbocycles. The van der Waals surface area contributed by atoms with Crippen molar-refractivity contribution in [1.82, 2.24) is 15.1 Å². The average Bonchev–Trinajstić information content (AvgIpc) is 3.20. The summed E-state index contributed by atoms with van der Waals surface area (Å²) in [5.41, 5.74) is 2.00. The zero-order valence-corrected chi connectivity index (χ0v) is 12.8. The average molecular weight is 325 g/mol. The largest absolute Gasteiger partial charge is 0.391 e. The number of β-amino-alcohol motifs (C(OH)–C–C–N with tert-alkyl or cyclic N) is 1. The molecular weight excluding hydrogens is 309 g/mol. The molecule has 2 atom stereocenters. The quantitative estimate of drug-likeness (QED) is 0.761. The summed E-state index contributed by atoms with van der Waals surface area (Å²) in [5, 5.41) is 17.6. The third kappa shape index (κ3) is 2.45. The number of aliphatic hydroxyl groups excluding tert-OH is 1. The first-order chi connectivity index (χ1) is 11.6. The van der Waals surface area contributed by atoms with Crippen molar-refractivity contribution in [3.63, 3.8) is 0 Å². The van der Waals surface area contributed by atoms with Crippen molar-refractivity contribution in [2.75, 3.05) is 6.54 Å². The van der Waals surface area contributed by atoms with Gasteiger partial charge in [-0.1, -0.05) is 18.2 Å². The van der Waals surface area contributed by atoms with Gasteiger partial charge in [-0.15, -0.1) is 0 Å². The summed E-state index contributed by atoms with van der Waals surface area (Å²) < 4.78 is 13.6. The van der Waals surface area contributed by atoms with Gasteiger partial charge in [-0.3, -0.25) is 9.89 Å². The molecule has 1 aliphatic heterocycles. The van der Waals surface area contributed by atoms with Crippen molar-refractivity contribution in [3.05, 3.63) is 65.6 Å². The Hall–Kier alpha value is -2.73. The highest BCUT2D eigenvalue weighted by molar-refractivity contribution is 6.06. The van der Waals surface area contributed by atoms with E-state index in [1.807, 2.05) is 6.07 Å². The molecular formula is C18H16FN3O2. The van der Waals surface area contributed by atoms with E-state index in [4.69, 9.17) is 0 Å². The molecule has 1 fully saturated rings. The maximum Gasteiger partial charge on any atom is 0.255 e. The molecule has 0 unspecified atom stereocenters. The zero-order chi connectivity index (χ0) is 16.7. The molecule has 0 radical (unpaired) electrons. The minimum absolute atomic E-state index is 0.187. The predicted molar refractivity (Wildman–Crippen MR) is 86.9 cm³/mol. The fraction of sp³-hybridized carbons (Fsp3) is 0.222. The van der Waals surface area contributed by atoms with Crippen LogP contribution in [0.4, 0.5) is 4.39 Å². The Labute approximate surface area is 137 Å². The second-order valence-electron chi connectivity index (χ2n) is 6.05. The molecule has 3 aromatic rings. The molecule has 1 aliphatic rings. The van der Waals surface area contributed by atoms with Crippen LogP contribution in [-0.2, 0) is 0 Å². The number of carbonyl (C=O) groups is 1. The van der Waals surface area contributed by atoms with E-state index >= 15 is 0 Å². The van der Waals surface area contributed by atoms with Crippen molar-refractivity contribution >= 4 is 16.8 Å². The Morgan fingerprint density at radius 2 is 2.12 bits per heavy atom. The van der Waals surface area contributed by atoms with Crippen LogP contribution >= 0.6 is 0 Å². The van der Waals surface area contributed by atoms with Crippen molar-refractivity contribution in [1.29, 1.82) is 0 Å². The van der Waals surface area contributed by atoms with E-state index in [9.17, 15) is 14.3 Å². The Balaban J connectivity index is 1.73. The van der Waals surface area contributed by atoms with E-state index in [-0.39, 0.29) is 24.3 Å². The lowest BCUT2D eigenvalue weighted by atomic mass is 10.0. The van der Waals surface area contributed by atoms with Gasteiger partial charge in [0.05, 0.1) is 29.4 Å². The van der Waals surface area contributed by atoms with Gasteiger partial charge >= 0.3 is 0 Å². The fourth-order valence-electron chi connectivity index (χ4n) is 3.38. The summed E-state index contributed by atoms with van der Waals surface area (Å²) in [6.45, 7) is 0.230. The third-order valence-corrected chi connectivity index (χ3v) is 4.49. The highest BCUT2D eigenvalue weighted by Gasteiger charge is 2.36. The summed E-state index contributed by atoms with van der Waals surface area (Å²) in [7, 11) is 0. The van der Waals surface area contributed by atoms with Gasteiger partial charge in [0.15, 0.2) is 0 Å². The molecule has 5 nitrogen and oxygen atoms in total. The summed E-state index contributed by atoms with van der Waals surface area (Å²) in [6.07, 6.45) is 1.40. The van der Waals surface area contributed by atoms with Crippen molar-refractivity contribution in [3.8, 4) is 0 Å². The normalized spacial score (nSPS) is 20.7. The predicted octanol–water partition coefficient (Wildman–Crippen LogP) is 2.65. The topological polar surface area (TPSA) is 69.2 Å². The Morgan fingerprint density at radius 3 is 2.96 bits per heavy atom. The first kappa shape index (κ1) is 14.8. The molecule has 1 amide bonds. The number of carbonyl (C=O) groups excluding carboxylic acids is 1. The van der Waals surface area contributed by atoms with E-state index in [2.05, 4.69) is 10.2 Å². The lowest BCUT2D eigenvalue weighted by Gasteiger charge is -2.25. The summed E-state index contributed by atoms with van der Waals surface area (Å²) >= 11 is 0. The number of nitrogens with zero attached hydrogens (tertiary/aromatic N) is 2.